The molecule has 0 aliphatic carbocycles. The first kappa shape index (κ1) is 18.6. The van der Waals surface area contributed by atoms with Gasteiger partial charge in [-0.15, -0.1) is 0 Å². The Labute approximate surface area is 137 Å². The molecule has 4 nitrogen and oxygen atoms in total. The van der Waals surface area contributed by atoms with Gasteiger partial charge in [0.2, 0.25) is 5.91 Å². The summed E-state index contributed by atoms with van der Waals surface area (Å²) < 4.78 is 76.4. The van der Waals surface area contributed by atoms with Crippen LogP contribution in [0.5, 0.6) is 0 Å². The Bertz CT molecular complexity index is 711. The lowest BCUT2D eigenvalue weighted by Gasteiger charge is -2.15. The molecule has 0 fully saturated rings. The quantitative estimate of drug-likeness (QED) is 0.642. The first-order valence-corrected chi connectivity index (χ1v) is 6.79. The lowest BCUT2D eigenvalue weighted by atomic mass is 10.1. The number of alkyl halides is 6. The van der Waals surface area contributed by atoms with Crippen LogP contribution >= 0.6 is 0 Å². The van der Waals surface area contributed by atoms with Crippen molar-refractivity contribution in [1.82, 2.24) is 10.4 Å². The van der Waals surface area contributed by atoms with Crippen molar-refractivity contribution in [3.05, 3.63) is 59.4 Å². The molecule has 25 heavy (non-hydrogen) atoms. The monoisotopic (exact) mass is 363 g/mol. The summed E-state index contributed by atoms with van der Waals surface area (Å²) in [5.74, 6) is -0.654. The molecule has 0 aliphatic rings. The van der Waals surface area contributed by atoms with Crippen LogP contribution in [0.1, 0.15) is 16.7 Å². The van der Waals surface area contributed by atoms with Gasteiger partial charge in [0, 0.05) is 12.4 Å². The molecule has 134 valence electrons. The van der Waals surface area contributed by atoms with Gasteiger partial charge in [-0.3, -0.25) is 20.6 Å². The molecule has 10 heteroatoms. The number of amides is 1. The van der Waals surface area contributed by atoms with Crippen LogP contribution in [-0.4, -0.2) is 10.9 Å². The Morgan fingerprint density at radius 3 is 2.08 bits per heavy atom. The third kappa shape index (κ3) is 5.37. The summed E-state index contributed by atoms with van der Waals surface area (Å²) in [6, 6.07) is 4.12. The van der Waals surface area contributed by atoms with Gasteiger partial charge in [-0.05, 0) is 29.8 Å². The van der Waals surface area contributed by atoms with Gasteiger partial charge in [-0.2, -0.15) is 26.3 Å². The van der Waals surface area contributed by atoms with E-state index in [-0.39, 0.29) is 12.5 Å². The average Bonchev–Trinajstić information content (AvgIpc) is 2.52. The Balaban J connectivity index is 2.14. The number of benzene rings is 1. The van der Waals surface area contributed by atoms with Crippen LogP contribution in [0.3, 0.4) is 0 Å². The molecule has 2 N–H and O–H groups in total. The largest absolute Gasteiger partial charge is 0.416 e. The minimum atomic E-state index is -4.96. The van der Waals surface area contributed by atoms with E-state index in [1.165, 1.54) is 12.4 Å². The van der Waals surface area contributed by atoms with Crippen LogP contribution in [0.4, 0.5) is 32.0 Å². The number of rotatable bonds is 4. The molecule has 1 heterocycles. The van der Waals surface area contributed by atoms with Gasteiger partial charge < -0.3 is 0 Å². The molecule has 1 aromatic heterocycles. The molecule has 1 amide bonds. The molecule has 0 unspecified atom stereocenters. The number of anilines is 1. The third-order valence-corrected chi connectivity index (χ3v) is 3.02. The zero-order chi connectivity index (χ0) is 18.7. The van der Waals surface area contributed by atoms with Crippen molar-refractivity contribution in [2.24, 2.45) is 0 Å². The molecule has 0 aliphatic heterocycles. The highest BCUT2D eigenvalue weighted by atomic mass is 19.4. The molecule has 2 rings (SSSR count). The van der Waals surface area contributed by atoms with E-state index in [4.69, 9.17) is 0 Å². The first-order chi connectivity index (χ1) is 11.6. The summed E-state index contributed by atoms with van der Waals surface area (Å²) in [5.41, 5.74) is 1.15. The van der Waals surface area contributed by atoms with Crippen LogP contribution in [0.25, 0.3) is 0 Å². The number of hydrazine groups is 1. The predicted molar refractivity (Wildman–Crippen MR) is 76.2 cm³/mol. The molecule has 0 saturated carbocycles. The smallest absolute Gasteiger partial charge is 0.299 e. The van der Waals surface area contributed by atoms with Gasteiger partial charge in [0.15, 0.2) is 0 Å². The molecular formula is C15H11F6N3O. The number of halogens is 6. The zero-order valence-electron chi connectivity index (χ0n) is 12.4. The average molecular weight is 363 g/mol. The maximum Gasteiger partial charge on any atom is 0.416 e. The van der Waals surface area contributed by atoms with Gasteiger partial charge in [0.25, 0.3) is 0 Å². The van der Waals surface area contributed by atoms with E-state index in [0.29, 0.717) is 17.7 Å². The minimum Gasteiger partial charge on any atom is -0.299 e. The van der Waals surface area contributed by atoms with Crippen molar-refractivity contribution in [2.75, 3.05) is 5.43 Å². The van der Waals surface area contributed by atoms with Gasteiger partial charge in [0.1, 0.15) is 0 Å². The number of hydrogen-bond acceptors (Lipinski definition) is 3. The summed E-state index contributed by atoms with van der Waals surface area (Å²) in [7, 11) is 0. The predicted octanol–water partition coefficient (Wildman–Crippen LogP) is 3.81. The van der Waals surface area contributed by atoms with Crippen molar-refractivity contribution < 1.29 is 31.1 Å². The van der Waals surface area contributed by atoms with Crippen LogP contribution in [0.15, 0.2) is 42.7 Å². The summed E-state index contributed by atoms with van der Waals surface area (Å²) in [4.78, 5) is 15.5. The van der Waals surface area contributed by atoms with Gasteiger partial charge in [0.05, 0.1) is 23.2 Å². The van der Waals surface area contributed by atoms with Gasteiger partial charge in [-0.25, -0.2) is 0 Å². The molecule has 0 saturated heterocycles. The fraction of sp³-hybridized carbons (Fsp3) is 0.200. The van der Waals surface area contributed by atoms with Crippen LogP contribution in [0, 0.1) is 0 Å². The number of carbonyl (C=O) groups is 1. The minimum absolute atomic E-state index is 0.00262. The number of carbonyl (C=O) groups excluding carboxylic acids is 1. The Morgan fingerprint density at radius 2 is 1.60 bits per heavy atom. The maximum atomic E-state index is 12.7. The second-order valence-corrected chi connectivity index (χ2v) is 5.01. The fourth-order valence-corrected chi connectivity index (χ4v) is 1.90. The Kier molecular flexibility index (Phi) is 5.19. The second kappa shape index (κ2) is 6.99. The van der Waals surface area contributed by atoms with Crippen molar-refractivity contribution in [3.8, 4) is 0 Å². The summed E-state index contributed by atoms with van der Waals surface area (Å²) in [5, 5.41) is 0. The van der Waals surface area contributed by atoms with Crippen LogP contribution in [0.2, 0.25) is 0 Å². The van der Waals surface area contributed by atoms with Gasteiger partial charge >= 0.3 is 12.4 Å². The summed E-state index contributed by atoms with van der Waals surface area (Å²) >= 11 is 0. The molecule has 1 aromatic carbocycles. The van der Waals surface area contributed by atoms with Crippen molar-refractivity contribution >= 4 is 11.6 Å². The van der Waals surface area contributed by atoms with E-state index in [0.717, 1.165) is 0 Å². The molecule has 0 bridgehead atoms. The molecule has 2 aromatic rings. The van der Waals surface area contributed by atoms with E-state index in [1.807, 2.05) is 0 Å². The van der Waals surface area contributed by atoms with E-state index in [9.17, 15) is 31.1 Å². The van der Waals surface area contributed by atoms with Crippen molar-refractivity contribution in [1.29, 1.82) is 0 Å². The maximum absolute atomic E-state index is 12.7. The third-order valence-electron chi connectivity index (χ3n) is 3.02. The molecule has 0 spiro atoms. The topological polar surface area (TPSA) is 54.0 Å². The standard InChI is InChI=1S/C15H11F6N3O/c16-14(17,18)10-5-11(15(19,20)21)7-12(6-10)23-24-13(25)4-9-2-1-3-22-8-9/h1-3,5-8,23H,4H2,(H,24,25). The van der Waals surface area contributed by atoms with Crippen LogP contribution in [-0.2, 0) is 23.6 Å². The van der Waals surface area contributed by atoms with Crippen LogP contribution < -0.4 is 10.9 Å². The number of nitrogens with one attached hydrogen (secondary N) is 2. The SMILES string of the molecule is O=C(Cc1cccnc1)NNc1cc(C(F)(F)F)cc(C(F)(F)F)c1. The molecule has 0 atom stereocenters. The molecule has 0 radical (unpaired) electrons. The zero-order valence-corrected chi connectivity index (χ0v) is 12.4. The number of hydrogen-bond donors (Lipinski definition) is 2. The highest BCUT2D eigenvalue weighted by molar-refractivity contribution is 5.79. The van der Waals surface area contributed by atoms with Gasteiger partial charge in [-0.1, -0.05) is 6.07 Å². The Morgan fingerprint density at radius 1 is 1.00 bits per heavy atom. The second-order valence-electron chi connectivity index (χ2n) is 5.01. The summed E-state index contributed by atoms with van der Waals surface area (Å²) in [6.45, 7) is 0. The van der Waals surface area contributed by atoms with E-state index < -0.39 is 35.1 Å². The van der Waals surface area contributed by atoms with Crippen molar-refractivity contribution in [2.45, 2.75) is 18.8 Å². The lowest BCUT2D eigenvalue weighted by Crippen LogP contribution is -2.31. The number of nitrogens with zero attached hydrogens (tertiary/aromatic N) is 1. The van der Waals surface area contributed by atoms with E-state index in [2.05, 4.69) is 15.8 Å². The number of pyridine rings is 1. The van der Waals surface area contributed by atoms with Crippen molar-refractivity contribution in [3.63, 3.8) is 0 Å². The van der Waals surface area contributed by atoms with E-state index in [1.54, 1.807) is 12.1 Å². The first-order valence-electron chi connectivity index (χ1n) is 6.79. The lowest BCUT2D eigenvalue weighted by molar-refractivity contribution is -0.143. The molecular weight excluding hydrogens is 352 g/mol. The normalized spacial score (nSPS) is 11.9. The highest BCUT2D eigenvalue weighted by Gasteiger charge is 2.36. The fourth-order valence-electron chi connectivity index (χ4n) is 1.90. The van der Waals surface area contributed by atoms with E-state index >= 15 is 0 Å². The number of aromatic nitrogens is 1. The summed E-state index contributed by atoms with van der Waals surface area (Å²) in [6.07, 6.45) is -7.17. The Hall–Kier alpha value is -2.78. The highest BCUT2D eigenvalue weighted by Crippen LogP contribution is 2.37.